The van der Waals surface area contributed by atoms with Gasteiger partial charge in [0, 0.05) is 43.0 Å². The van der Waals surface area contributed by atoms with E-state index < -0.39 is 0 Å². The zero-order valence-corrected chi connectivity index (χ0v) is 17.0. The molecule has 9 heteroatoms. The van der Waals surface area contributed by atoms with Crippen molar-refractivity contribution in [3.63, 3.8) is 0 Å². The molecule has 1 aliphatic heterocycles. The smallest absolute Gasteiger partial charge is 0.234 e. The number of pyridine rings is 1. The molecule has 1 saturated heterocycles. The fourth-order valence-electron chi connectivity index (χ4n) is 3.74. The number of likely N-dealkylation sites (tertiary alicyclic amines) is 1. The summed E-state index contributed by atoms with van der Waals surface area (Å²) in [6.45, 7) is 1.47. The van der Waals surface area contributed by atoms with Crippen LogP contribution in [0.3, 0.4) is 0 Å². The number of carbonyl (C=O) groups excluding carboxylic acids is 2. The molecule has 1 fully saturated rings. The summed E-state index contributed by atoms with van der Waals surface area (Å²) in [5, 5.41) is 6.85. The molecule has 0 aliphatic carbocycles. The van der Waals surface area contributed by atoms with E-state index >= 15 is 0 Å². The number of hydrogen-bond donors (Lipinski definition) is 2. The maximum Gasteiger partial charge on any atom is 0.234 e. The molecule has 1 aromatic carbocycles. The van der Waals surface area contributed by atoms with Gasteiger partial charge in [0.15, 0.2) is 0 Å². The van der Waals surface area contributed by atoms with Gasteiger partial charge in [-0.3, -0.25) is 19.5 Å². The van der Waals surface area contributed by atoms with Crippen molar-refractivity contribution in [2.75, 3.05) is 11.9 Å². The number of anilines is 1. The Morgan fingerprint density at radius 2 is 2.06 bits per heavy atom. The van der Waals surface area contributed by atoms with E-state index in [4.69, 9.17) is 10.3 Å². The van der Waals surface area contributed by atoms with Gasteiger partial charge in [-0.15, -0.1) is 0 Å². The summed E-state index contributed by atoms with van der Waals surface area (Å²) in [7, 11) is 0. The quantitative estimate of drug-likeness (QED) is 0.571. The summed E-state index contributed by atoms with van der Waals surface area (Å²) >= 11 is 0. The van der Waals surface area contributed by atoms with Gasteiger partial charge < -0.3 is 15.6 Å². The molecule has 0 radical (unpaired) electrons. The number of aromatic nitrogens is 3. The monoisotopic (exact) mass is 420 g/mol. The Kier molecular flexibility index (Phi) is 6.32. The van der Waals surface area contributed by atoms with Crippen LogP contribution in [-0.2, 0) is 22.6 Å². The number of benzene rings is 1. The molecule has 3 N–H and O–H groups in total. The van der Waals surface area contributed by atoms with E-state index in [1.165, 1.54) is 0 Å². The lowest BCUT2D eigenvalue weighted by atomic mass is 10.1. The lowest BCUT2D eigenvalue weighted by molar-refractivity contribution is -0.122. The second-order valence-corrected chi connectivity index (χ2v) is 7.53. The number of hydrogen-bond acceptors (Lipinski definition) is 7. The first-order chi connectivity index (χ1) is 15.1. The van der Waals surface area contributed by atoms with Gasteiger partial charge in [-0.05, 0) is 49.2 Å². The summed E-state index contributed by atoms with van der Waals surface area (Å²) in [5.41, 5.74) is 8.03. The maximum absolute atomic E-state index is 12.4. The van der Waals surface area contributed by atoms with Crippen LogP contribution in [0.2, 0.25) is 0 Å². The summed E-state index contributed by atoms with van der Waals surface area (Å²) in [6.07, 6.45) is 5.64. The maximum atomic E-state index is 12.4. The van der Waals surface area contributed by atoms with Gasteiger partial charge in [-0.25, -0.2) is 0 Å². The lowest BCUT2D eigenvalue weighted by Crippen LogP contribution is -2.39. The normalized spacial score (nSPS) is 16.3. The van der Waals surface area contributed by atoms with Crippen LogP contribution in [0.4, 0.5) is 5.69 Å². The van der Waals surface area contributed by atoms with Gasteiger partial charge in [0.2, 0.25) is 23.5 Å². The van der Waals surface area contributed by atoms with Crippen LogP contribution >= 0.6 is 0 Å². The number of amides is 2. The zero-order valence-electron chi connectivity index (χ0n) is 17.0. The van der Waals surface area contributed by atoms with Crippen LogP contribution in [0.25, 0.3) is 11.4 Å². The molecule has 4 rings (SSSR count). The van der Waals surface area contributed by atoms with Crippen LogP contribution in [0.15, 0.2) is 53.3 Å². The second kappa shape index (κ2) is 9.48. The van der Waals surface area contributed by atoms with Gasteiger partial charge in [0.05, 0.1) is 6.04 Å². The van der Waals surface area contributed by atoms with Crippen molar-refractivity contribution in [2.45, 2.75) is 38.3 Å². The van der Waals surface area contributed by atoms with E-state index in [1.54, 1.807) is 24.5 Å². The Hall–Kier alpha value is -3.59. The van der Waals surface area contributed by atoms with Crippen molar-refractivity contribution in [3.8, 4) is 11.4 Å². The van der Waals surface area contributed by atoms with Crippen LogP contribution < -0.4 is 11.1 Å². The van der Waals surface area contributed by atoms with Gasteiger partial charge in [0.25, 0.3) is 0 Å². The molecular formula is C22H24N6O3. The minimum Gasteiger partial charge on any atom is -0.368 e. The Bertz CT molecular complexity index is 1050. The minimum atomic E-state index is -0.282. The minimum absolute atomic E-state index is 0.142. The van der Waals surface area contributed by atoms with Crippen molar-refractivity contribution in [1.82, 2.24) is 20.0 Å². The summed E-state index contributed by atoms with van der Waals surface area (Å²) in [4.78, 5) is 34.3. The van der Waals surface area contributed by atoms with Crippen LogP contribution in [0.5, 0.6) is 0 Å². The van der Waals surface area contributed by atoms with Gasteiger partial charge in [-0.2, -0.15) is 4.98 Å². The third kappa shape index (κ3) is 5.32. The van der Waals surface area contributed by atoms with E-state index in [0.29, 0.717) is 30.4 Å². The number of nitrogens with one attached hydrogen (secondary N) is 1. The topological polar surface area (TPSA) is 127 Å². The predicted octanol–water partition coefficient (Wildman–Crippen LogP) is 2.15. The van der Waals surface area contributed by atoms with Crippen LogP contribution in [0, 0.1) is 0 Å². The van der Waals surface area contributed by atoms with Crippen molar-refractivity contribution >= 4 is 17.5 Å². The third-order valence-corrected chi connectivity index (χ3v) is 5.26. The van der Waals surface area contributed by atoms with Gasteiger partial charge >= 0.3 is 0 Å². The average Bonchev–Trinajstić information content (AvgIpc) is 3.43. The number of aryl methyl sites for hydroxylation is 1. The highest BCUT2D eigenvalue weighted by atomic mass is 16.5. The highest BCUT2D eigenvalue weighted by Gasteiger charge is 2.28. The van der Waals surface area contributed by atoms with Crippen molar-refractivity contribution in [3.05, 3.63) is 60.2 Å². The molecule has 3 heterocycles. The number of nitrogens with two attached hydrogens (primary N) is 1. The number of rotatable bonds is 8. The van der Waals surface area contributed by atoms with Crippen molar-refractivity contribution in [1.29, 1.82) is 0 Å². The molecule has 1 atom stereocenters. The molecule has 0 saturated carbocycles. The second-order valence-electron chi connectivity index (χ2n) is 7.53. The summed E-state index contributed by atoms with van der Waals surface area (Å²) in [5.74, 6) is 0.455. The molecule has 31 heavy (non-hydrogen) atoms. The van der Waals surface area contributed by atoms with E-state index in [2.05, 4.69) is 25.3 Å². The largest absolute Gasteiger partial charge is 0.368 e. The first kappa shape index (κ1) is 20.7. The van der Waals surface area contributed by atoms with Gasteiger partial charge in [0.1, 0.15) is 0 Å². The number of nitrogens with zero attached hydrogens (tertiary/aromatic N) is 4. The van der Waals surface area contributed by atoms with E-state index in [-0.39, 0.29) is 24.3 Å². The van der Waals surface area contributed by atoms with Crippen LogP contribution in [-0.4, -0.2) is 44.4 Å². The number of primary amides is 1. The molecule has 0 bridgehead atoms. The first-order valence-electron chi connectivity index (χ1n) is 10.2. The Labute approximate surface area is 179 Å². The fraction of sp³-hybridized carbons (Fsp3) is 0.318. The average molecular weight is 420 g/mol. The molecule has 2 amide bonds. The summed E-state index contributed by atoms with van der Waals surface area (Å²) < 4.78 is 5.24. The SMILES string of the molecule is NC(=O)C1CCCN1Cc1cccc(NC(=O)CCc2nc(-c3ccncc3)no2)c1. The Morgan fingerprint density at radius 3 is 2.87 bits per heavy atom. The van der Waals surface area contributed by atoms with E-state index in [0.717, 1.165) is 30.5 Å². The standard InChI is InChI=1S/C22H24N6O3/c23-21(30)18-5-2-12-28(18)14-15-3-1-4-17(13-15)25-19(29)6-7-20-26-22(27-31-20)16-8-10-24-11-9-16/h1,3-4,8-11,13,18H,2,5-7,12,14H2,(H2,23,30)(H,25,29). The molecule has 1 aliphatic rings. The van der Waals surface area contributed by atoms with E-state index in [9.17, 15) is 9.59 Å². The van der Waals surface area contributed by atoms with Crippen molar-refractivity contribution in [2.24, 2.45) is 5.73 Å². The molecule has 9 nitrogen and oxygen atoms in total. The van der Waals surface area contributed by atoms with E-state index in [1.807, 2.05) is 24.3 Å². The zero-order chi connectivity index (χ0) is 21.6. The molecule has 2 aromatic heterocycles. The van der Waals surface area contributed by atoms with Crippen LogP contribution in [0.1, 0.15) is 30.7 Å². The van der Waals surface area contributed by atoms with Gasteiger partial charge in [-0.1, -0.05) is 17.3 Å². The first-order valence-corrected chi connectivity index (χ1v) is 10.2. The molecular weight excluding hydrogens is 396 g/mol. The summed E-state index contributed by atoms with van der Waals surface area (Å²) in [6, 6.07) is 11.0. The fourth-order valence-corrected chi connectivity index (χ4v) is 3.74. The molecule has 0 spiro atoms. The highest BCUT2D eigenvalue weighted by Crippen LogP contribution is 2.21. The molecule has 160 valence electrons. The third-order valence-electron chi connectivity index (χ3n) is 5.26. The van der Waals surface area contributed by atoms with Crippen molar-refractivity contribution < 1.29 is 14.1 Å². The molecule has 3 aromatic rings. The molecule has 1 unspecified atom stereocenters. The lowest BCUT2D eigenvalue weighted by Gasteiger charge is -2.22. The predicted molar refractivity (Wildman–Crippen MR) is 114 cm³/mol. The Morgan fingerprint density at radius 1 is 1.23 bits per heavy atom. The number of carbonyl (C=O) groups is 2. The highest BCUT2D eigenvalue weighted by molar-refractivity contribution is 5.90. The Balaban J connectivity index is 1.30.